The molecule has 4 rings (SSSR count). The number of halogens is 3. The maximum absolute atomic E-state index is 13.5. The van der Waals surface area contributed by atoms with Crippen LogP contribution in [0.1, 0.15) is 58.4 Å². The van der Waals surface area contributed by atoms with Crippen molar-refractivity contribution in [1.29, 1.82) is 0 Å². The molecule has 2 aromatic carbocycles. The first-order valence-corrected chi connectivity index (χ1v) is 12.4. The number of amides is 3. The Morgan fingerprint density at radius 2 is 1.44 bits per heavy atom. The van der Waals surface area contributed by atoms with Gasteiger partial charge in [0.15, 0.2) is 0 Å². The smallest absolute Gasteiger partial charge is 0.341 e. The molecule has 2 heterocycles. The zero-order chi connectivity index (χ0) is 25.7. The summed E-state index contributed by atoms with van der Waals surface area (Å²) < 4.78 is 39.2. The second kappa shape index (κ2) is 11.1. The summed E-state index contributed by atoms with van der Waals surface area (Å²) in [5.41, 5.74) is -0.410. The Labute approximate surface area is 208 Å². The van der Waals surface area contributed by atoms with E-state index in [0.29, 0.717) is 44.6 Å². The molecule has 1 atom stereocenters. The third-order valence-electron chi connectivity index (χ3n) is 6.99. The summed E-state index contributed by atoms with van der Waals surface area (Å²) in [6.45, 7) is 1.91. The second-order valence-corrected chi connectivity index (χ2v) is 9.41. The molecule has 0 spiro atoms. The maximum atomic E-state index is 13.5. The number of piperidine rings is 2. The summed E-state index contributed by atoms with van der Waals surface area (Å²) in [5.74, 6) is -1.08. The first-order valence-electron chi connectivity index (χ1n) is 12.4. The van der Waals surface area contributed by atoms with Gasteiger partial charge in [-0.3, -0.25) is 14.4 Å². The van der Waals surface area contributed by atoms with Crippen LogP contribution in [0.25, 0.3) is 0 Å². The maximum Gasteiger partial charge on any atom is 0.416 e. The summed E-state index contributed by atoms with van der Waals surface area (Å²) in [6.07, 6.45) is -0.679. The molecule has 1 N–H and O–H groups in total. The Morgan fingerprint density at radius 3 is 2.08 bits per heavy atom. The standard InChI is InChI=1S/C27H30F3N3O3/c28-27(29,30)22-11-7-10-21(18-22)25(35)33-16-12-19(13-17-33)23(26(36)32-14-5-2-6-15-32)31-24(34)20-8-3-1-4-9-20/h1,3-4,7-11,18-19,23H,2,5-6,12-17H2,(H,31,34). The van der Waals surface area contributed by atoms with Crippen LogP contribution < -0.4 is 5.32 Å². The molecule has 2 saturated heterocycles. The fourth-order valence-electron chi connectivity index (χ4n) is 4.95. The zero-order valence-corrected chi connectivity index (χ0v) is 20.0. The molecule has 192 valence electrons. The van der Waals surface area contributed by atoms with Crippen molar-refractivity contribution in [3.05, 3.63) is 71.3 Å². The predicted molar refractivity (Wildman–Crippen MR) is 128 cm³/mol. The van der Waals surface area contributed by atoms with E-state index in [4.69, 9.17) is 0 Å². The molecule has 0 bridgehead atoms. The number of benzene rings is 2. The van der Waals surface area contributed by atoms with Gasteiger partial charge in [-0.25, -0.2) is 0 Å². The van der Waals surface area contributed by atoms with Gasteiger partial charge in [-0.2, -0.15) is 13.2 Å². The lowest BCUT2D eigenvalue weighted by atomic mass is 9.87. The molecule has 2 aliphatic rings. The van der Waals surface area contributed by atoms with Crippen LogP contribution in [0.5, 0.6) is 0 Å². The highest BCUT2D eigenvalue weighted by Crippen LogP contribution is 2.30. The number of hydrogen-bond acceptors (Lipinski definition) is 3. The highest BCUT2D eigenvalue weighted by molar-refractivity contribution is 5.97. The monoisotopic (exact) mass is 501 g/mol. The van der Waals surface area contributed by atoms with Crippen LogP contribution in [-0.2, 0) is 11.0 Å². The molecular formula is C27H30F3N3O3. The van der Waals surface area contributed by atoms with Crippen LogP contribution in [0.4, 0.5) is 13.2 Å². The van der Waals surface area contributed by atoms with E-state index in [1.165, 1.54) is 17.0 Å². The summed E-state index contributed by atoms with van der Waals surface area (Å²) >= 11 is 0. The van der Waals surface area contributed by atoms with Crippen molar-refractivity contribution in [2.75, 3.05) is 26.2 Å². The highest BCUT2D eigenvalue weighted by atomic mass is 19.4. The van der Waals surface area contributed by atoms with Crippen molar-refractivity contribution in [1.82, 2.24) is 15.1 Å². The van der Waals surface area contributed by atoms with Gasteiger partial charge in [0, 0.05) is 37.3 Å². The van der Waals surface area contributed by atoms with Gasteiger partial charge in [0.05, 0.1) is 5.56 Å². The Kier molecular flexibility index (Phi) is 7.96. The van der Waals surface area contributed by atoms with Gasteiger partial charge < -0.3 is 15.1 Å². The van der Waals surface area contributed by atoms with Crippen LogP contribution in [-0.4, -0.2) is 59.7 Å². The fourth-order valence-corrected chi connectivity index (χ4v) is 4.95. The molecule has 0 aliphatic carbocycles. The molecule has 9 heteroatoms. The van der Waals surface area contributed by atoms with Crippen LogP contribution in [0, 0.1) is 5.92 Å². The number of alkyl halides is 3. The number of likely N-dealkylation sites (tertiary alicyclic amines) is 2. The van der Waals surface area contributed by atoms with Gasteiger partial charge in [-0.05, 0) is 68.4 Å². The Balaban J connectivity index is 1.46. The van der Waals surface area contributed by atoms with E-state index >= 15 is 0 Å². The largest absolute Gasteiger partial charge is 0.416 e. The molecule has 2 aliphatic heterocycles. The van der Waals surface area contributed by atoms with Gasteiger partial charge in [-0.15, -0.1) is 0 Å². The van der Waals surface area contributed by atoms with Gasteiger partial charge in [0.1, 0.15) is 6.04 Å². The van der Waals surface area contributed by atoms with Gasteiger partial charge in [0.25, 0.3) is 11.8 Å². The van der Waals surface area contributed by atoms with Crippen LogP contribution in [0.2, 0.25) is 0 Å². The van der Waals surface area contributed by atoms with Crippen LogP contribution in [0.3, 0.4) is 0 Å². The first-order chi connectivity index (χ1) is 17.2. The normalized spacial score (nSPS) is 18.0. The molecule has 0 saturated carbocycles. The Hall–Kier alpha value is -3.36. The van der Waals surface area contributed by atoms with Crippen molar-refractivity contribution in [2.24, 2.45) is 5.92 Å². The van der Waals surface area contributed by atoms with E-state index in [-0.39, 0.29) is 23.3 Å². The van der Waals surface area contributed by atoms with Crippen LogP contribution >= 0.6 is 0 Å². The molecule has 2 aromatic rings. The summed E-state index contributed by atoms with van der Waals surface area (Å²) in [4.78, 5) is 42.6. The molecule has 6 nitrogen and oxygen atoms in total. The molecular weight excluding hydrogens is 471 g/mol. The average molecular weight is 502 g/mol. The summed E-state index contributed by atoms with van der Waals surface area (Å²) in [6, 6.07) is 12.4. The quantitative estimate of drug-likeness (QED) is 0.662. The van der Waals surface area contributed by atoms with E-state index in [2.05, 4.69) is 5.32 Å². The number of hydrogen-bond donors (Lipinski definition) is 1. The SMILES string of the molecule is O=C(NC(C(=O)N1CCCCC1)C1CCN(C(=O)c2cccc(C(F)(F)F)c2)CC1)c1ccccc1. The number of nitrogens with zero attached hydrogens (tertiary/aromatic N) is 2. The minimum Gasteiger partial charge on any atom is -0.341 e. The third kappa shape index (κ3) is 6.06. The molecule has 1 unspecified atom stereocenters. The van der Waals surface area contributed by atoms with E-state index in [1.807, 2.05) is 6.07 Å². The summed E-state index contributed by atoms with van der Waals surface area (Å²) in [7, 11) is 0. The third-order valence-corrected chi connectivity index (χ3v) is 6.99. The van der Waals surface area contributed by atoms with E-state index in [0.717, 1.165) is 31.4 Å². The predicted octanol–water partition coefficient (Wildman–Crippen LogP) is 4.37. The van der Waals surface area contributed by atoms with E-state index in [9.17, 15) is 27.6 Å². The van der Waals surface area contributed by atoms with Crippen molar-refractivity contribution in [3.63, 3.8) is 0 Å². The van der Waals surface area contributed by atoms with Crippen molar-refractivity contribution >= 4 is 17.7 Å². The van der Waals surface area contributed by atoms with Gasteiger partial charge >= 0.3 is 6.18 Å². The minimum atomic E-state index is -4.53. The average Bonchev–Trinajstić information content (AvgIpc) is 2.91. The molecule has 0 aromatic heterocycles. The molecule has 2 fully saturated rings. The lowest BCUT2D eigenvalue weighted by Gasteiger charge is -2.38. The first kappa shape index (κ1) is 25.7. The van der Waals surface area contributed by atoms with Crippen molar-refractivity contribution in [2.45, 2.75) is 44.3 Å². The molecule has 3 amide bonds. The Bertz CT molecular complexity index is 1080. The lowest BCUT2D eigenvalue weighted by Crippen LogP contribution is -2.55. The topological polar surface area (TPSA) is 69.7 Å². The number of carbonyl (C=O) groups is 3. The summed E-state index contributed by atoms with van der Waals surface area (Å²) in [5, 5.41) is 2.94. The van der Waals surface area contributed by atoms with Crippen LogP contribution in [0.15, 0.2) is 54.6 Å². The molecule has 36 heavy (non-hydrogen) atoms. The Morgan fingerprint density at radius 1 is 0.806 bits per heavy atom. The fraction of sp³-hybridized carbons (Fsp3) is 0.444. The van der Waals surface area contributed by atoms with Crippen molar-refractivity contribution < 1.29 is 27.6 Å². The second-order valence-electron chi connectivity index (χ2n) is 9.41. The van der Waals surface area contributed by atoms with Crippen molar-refractivity contribution in [3.8, 4) is 0 Å². The van der Waals surface area contributed by atoms with E-state index < -0.39 is 23.7 Å². The zero-order valence-electron chi connectivity index (χ0n) is 20.0. The number of nitrogens with one attached hydrogen (secondary N) is 1. The lowest BCUT2D eigenvalue weighted by molar-refractivity contribution is -0.137. The molecule has 0 radical (unpaired) electrons. The van der Waals surface area contributed by atoms with Gasteiger partial charge in [0.2, 0.25) is 5.91 Å². The highest BCUT2D eigenvalue weighted by Gasteiger charge is 2.37. The van der Waals surface area contributed by atoms with E-state index in [1.54, 1.807) is 29.2 Å². The van der Waals surface area contributed by atoms with Gasteiger partial charge in [-0.1, -0.05) is 24.3 Å². The number of carbonyl (C=O) groups excluding carboxylic acids is 3. The minimum absolute atomic E-state index is 0.0124. The number of rotatable bonds is 5.